The van der Waals surface area contributed by atoms with Crippen LogP contribution >= 0.6 is 15.6 Å². The van der Waals surface area contributed by atoms with Crippen LogP contribution in [0.1, 0.15) is 311 Å². The van der Waals surface area contributed by atoms with Gasteiger partial charge < -0.3 is 33.8 Å². The number of aliphatic hydroxyl groups is 1. The molecule has 0 bridgehead atoms. The fraction of sp³-hybridized carbons (Fsp3) is 0.935. The zero-order chi connectivity index (χ0) is 59.9. The molecule has 0 saturated heterocycles. The number of carbonyl (C=O) groups excluding carboxylic acids is 4. The molecule has 3 unspecified atom stereocenters. The second kappa shape index (κ2) is 55.9. The molecule has 0 aliphatic rings. The molecule has 0 aromatic rings. The van der Waals surface area contributed by atoms with Crippen molar-refractivity contribution in [1.29, 1.82) is 0 Å². The summed E-state index contributed by atoms with van der Waals surface area (Å²) in [5.74, 6) is -1.43. The molecule has 0 radical (unpaired) electrons. The second-order valence-corrected chi connectivity index (χ2v) is 25.6. The quantitative estimate of drug-likeness (QED) is 0.0222. The minimum Gasteiger partial charge on any atom is -0.462 e. The number of phosphoric acid groups is 2. The first-order chi connectivity index (χ1) is 39.1. The molecule has 0 aromatic carbocycles. The summed E-state index contributed by atoms with van der Waals surface area (Å²) in [6.07, 6.45) is 39.3. The number of hydrogen-bond acceptors (Lipinski definition) is 15. The van der Waals surface area contributed by atoms with E-state index in [0.29, 0.717) is 25.7 Å². The van der Waals surface area contributed by atoms with Crippen LogP contribution < -0.4 is 0 Å². The Morgan fingerprint density at radius 3 is 0.877 bits per heavy atom. The van der Waals surface area contributed by atoms with Crippen molar-refractivity contribution >= 4 is 39.5 Å². The highest BCUT2D eigenvalue weighted by molar-refractivity contribution is 7.47. The predicted molar refractivity (Wildman–Crippen MR) is 322 cm³/mol. The summed E-state index contributed by atoms with van der Waals surface area (Å²) in [5, 5.41) is 10.5. The summed E-state index contributed by atoms with van der Waals surface area (Å²) >= 11 is 0. The van der Waals surface area contributed by atoms with Crippen molar-refractivity contribution in [3.8, 4) is 0 Å². The topological polar surface area (TPSA) is 237 Å². The first kappa shape index (κ1) is 79.1. The monoisotopic (exact) mass is 1200 g/mol. The number of phosphoric ester groups is 2. The van der Waals surface area contributed by atoms with E-state index in [1.165, 1.54) is 128 Å². The van der Waals surface area contributed by atoms with E-state index < -0.39 is 97.5 Å². The van der Waals surface area contributed by atoms with Gasteiger partial charge in [0.15, 0.2) is 12.2 Å². The van der Waals surface area contributed by atoms with Gasteiger partial charge in [0.25, 0.3) is 0 Å². The maximum Gasteiger partial charge on any atom is 0.472 e. The van der Waals surface area contributed by atoms with E-state index in [4.69, 9.17) is 37.0 Å². The van der Waals surface area contributed by atoms with E-state index in [1.54, 1.807) is 0 Å². The minimum absolute atomic E-state index is 0.102. The van der Waals surface area contributed by atoms with Crippen LogP contribution in [-0.2, 0) is 65.4 Å². The van der Waals surface area contributed by atoms with Gasteiger partial charge in [-0.15, -0.1) is 0 Å². The number of carbonyl (C=O) groups is 4. The number of aliphatic hydroxyl groups excluding tert-OH is 1. The molecule has 0 saturated carbocycles. The highest BCUT2D eigenvalue weighted by Crippen LogP contribution is 2.45. The van der Waals surface area contributed by atoms with E-state index in [9.17, 15) is 43.2 Å². The summed E-state index contributed by atoms with van der Waals surface area (Å²) in [6, 6.07) is 0. The Morgan fingerprint density at radius 1 is 0.346 bits per heavy atom. The Morgan fingerprint density at radius 2 is 0.593 bits per heavy atom. The van der Waals surface area contributed by atoms with Crippen LogP contribution in [0.15, 0.2) is 0 Å². The van der Waals surface area contributed by atoms with E-state index in [0.717, 1.165) is 102 Å². The molecule has 17 nitrogen and oxygen atoms in total. The van der Waals surface area contributed by atoms with Crippen molar-refractivity contribution < 1.29 is 80.2 Å². The largest absolute Gasteiger partial charge is 0.472 e. The standard InChI is InChI=1S/C62H120O17P2/c1-6-10-13-16-18-20-22-23-24-25-27-29-31-37-42-47-61(66)78-58(52-73-60(65)46-41-36-30-28-26-21-19-17-14-11-7-2)54-77-81(70,71)75-50-56(63)49-74-80(68,69)76-53-57(51-72-59(64)45-40-34-15-12-8-3)79-62(67)48-43-38-33-32-35-39-44-55(5)9-4/h55-58,63H,6-54H2,1-5H3,(H,68,69)(H,70,71)/t55?,56-,57+,58+/m0/s1. The summed E-state index contributed by atoms with van der Waals surface area (Å²) in [4.78, 5) is 71.9. The van der Waals surface area contributed by atoms with Gasteiger partial charge in [-0.1, -0.05) is 259 Å². The molecule has 3 N–H and O–H groups in total. The molecule has 0 amide bonds. The molecule has 0 aliphatic carbocycles. The third kappa shape index (κ3) is 55.7. The fourth-order valence-corrected chi connectivity index (χ4v) is 10.8. The van der Waals surface area contributed by atoms with E-state index in [-0.39, 0.29) is 25.7 Å². The van der Waals surface area contributed by atoms with Gasteiger partial charge in [-0.3, -0.25) is 37.3 Å². The molecule has 0 rings (SSSR count). The summed E-state index contributed by atoms with van der Waals surface area (Å²) in [7, 11) is -9.87. The van der Waals surface area contributed by atoms with Gasteiger partial charge in [-0.05, 0) is 31.6 Å². The predicted octanol–water partition coefficient (Wildman–Crippen LogP) is 17.0. The van der Waals surface area contributed by atoms with Gasteiger partial charge in [0, 0.05) is 25.7 Å². The van der Waals surface area contributed by atoms with E-state index in [1.807, 2.05) is 0 Å². The number of hydrogen-bond donors (Lipinski definition) is 3. The van der Waals surface area contributed by atoms with Crippen LogP contribution in [0.25, 0.3) is 0 Å². The van der Waals surface area contributed by atoms with Crippen LogP contribution in [0.5, 0.6) is 0 Å². The highest BCUT2D eigenvalue weighted by atomic mass is 31.2. The number of esters is 4. The van der Waals surface area contributed by atoms with Crippen LogP contribution in [0.2, 0.25) is 0 Å². The van der Waals surface area contributed by atoms with Crippen molar-refractivity contribution in [2.24, 2.45) is 5.92 Å². The molecule has 0 aromatic heterocycles. The maximum absolute atomic E-state index is 13.0. The first-order valence-corrected chi connectivity index (χ1v) is 35.7. The fourth-order valence-electron chi connectivity index (χ4n) is 9.20. The van der Waals surface area contributed by atoms with Gasteiger partial charge in [0.05, 0.1) is 26.4 Å². The lowest BCUT2D eigenvalue weighted by Crippen LogP contribution is -2.30. The average Bonchev–Trinajstić information content (AvgIpc) is 3.44. The average molecular weight is 1200 g/mol. The zero-order valence-corrected chi connectivity index (χ0v) is 53.7. The van der Waals surface area contributed by atoms with Crippen LogP contribution in [0.4, 0.5) is 0 Å². The Balaban J connectivity index is 5.17. The van der Waals surface area contributed by atoms with Gasteiger partial charge in [0.1, 0.15) is 19.3 Å². The van der Waals surface area contributed by atoms with E-state index >= 15 is 0 Å². The van der Waals surface area contributed by atoms with Gasteiger partial charge in [0.2, 0.25) is 0 Å². The van der Waals surface area contributed by atoms with Crippen molar-refractivity contribution in [2.45, 2.75) is 329 Å². The number of ether oxygens (including phenoxy) is 4. The Labute approximate surface area is 492 Å². The molecule has 0 fully saturated rings. The smallest absolute Gasteiger partial charge is 0.462 e. The third-order valence-corrected chi connectivity index (χ3v) is 16.5. The normalized spacial score (nSPS) is 14.6. The SMILES string of the molecule is CCCCCCCCCCCCCCCCCC(=O)O[C@H](COC(=O)CCCCCCCCCCCCC)COP(=O)(O)OC[C@@H](O)COP(=O)(O)OC[C@@H](COC(=O)CCCCCCC)OC(=O)CCCCCCCCC(C)CC. The Hall–Kier alpha value is -1.94. The number of unbranched alkanes of at least 4 members (excludes halogenated alkanes) is 33. The van der Waals surface area contributed by atoms with Gasteiger partial charge in [-0.25, -0.2) is 9.13 Å². The van der Waals surface area contributed by atoms with Crippen molar-refractivity contribution in [1.82, 2.24) is 0 Å². The van der Waals surface area contributed by atoms with Crippen LogP contribution in [0, 0.1) is 5.92 Å². The lowest BCUT2D eigenvalue weighted by Gasteiger charge is -2.21. The number of rotatable bonds is 62. The molecule has 81 heavy (non-hydrogen) atoms. The first-order valence-electron chi connectivity index (χ1n) is 32.7. The van der Waals surface area contributed by atoms with Gasteiger partial charge >= 0.3 is 39.5 Å². The maximum atomic E-state index is 13.0. The van der Waals surface area contributed by atoms with Crippen molar-refractivity contribution in [3.63, 3.8) is 0 Å². The lowest BCUT2D eigenvalue weighted by atomic mass is 10.00. The van der Waals surface area contributed by atoms with E-state index in [2.05, 4.69) is 34.6 Å². The van der Waals surface area contributed by atoms with Crippen LogP contribution in [-0.4, -0.2) is 96.7 Å². The summed E-state index contributed by atoms with van der Waals surface area (Å²) in [5.41, 5.74) is 0. The van der Waals surface area contributed by atoms with Crippen molar-refractivity contribution in [3.05, 3.63) is 0 Å². The zero-order valence-electron chi connectivity index (χ0n) is 51.9. The molecule has 19 heteroatoms. The second-order valence-electron chi connectivity index (χ2n) is 22.7. The Bertz CT molecular complexity index is 1590. The molecule has 0 aliphatic heterocycles. The Kier molecular flexibility index (Phi) is 54.6. The minimum atomic E-state index is -4.94. The molecule has 0 heterocycles. The summed E-state index contributed by atoms with van der Waals surface area (Å²) in [6.45, 7) is 7.04. The van der Waals surface area contributed by atoms with Crippen molar-refractivity contribution in [2.75, 3.05) is 39.6 Å². The molecule has 480 valence electrons. The lowest BCUT2D eigenvalue weighted by molar-refractivity contribution is -0.161. The third-order valence-electron chi connectivity index (χ3n) is 14.6. The molecular weight excluding hydrogens is 1080 g/mol. The molecule has 0 spiro atoms. The summed E-state index contributed by atoms with van der Waals surface area (Å²) < 4.78 is 67.7. The molecular formula is C62H120O17P2. The van der Waals surface area contributed by atoms with Crippen LogP contribution in [0.3, 0.4) is 0 Å². The molecule has 6 atom stereocenters. The van der Waals surface area contributed by atoms with Gasteiger partial charge in [-0.2, -0.15) is 0 Å². The highest BCUT2D eigenvalue weighted by Gasteiger charge is 2.30.